The number of thioether (sulfide) groups is 1. The van der Waals surface area contributed by atoms with Crippen molar-refractivity contribution < 1.29 is 13.6 Å². The Labute approximate surface area is 172 Å². The van der Waals surface area contributed by atoms with Crippen molar-refractivity contribution in [2.75, 3.05) is 0 Å². The normalized spacial score (nSPS) is 11.6. The molecule has 0 unspecified atom stereocenters. The molecule has 1 amide bonds. The topological polar surface area (TPSA) is 70.7 Å². The van der Waals surface area contributed by atoms with E-state index in [0.717, 1.165) is 0 Å². The number of hydrogen-bond donors (Lipinski definition) is 1. The average molecular weight is 465 g/mol. The summed E-state index contributed by atoms with van der Waals surface area (Å²) >= 11 is 3.41. The molecule has 0 spiro atoms. The third-order valence-electron chi connectivity index (χ3n) is 3.85. The zero-order valence-corrected chi connectivity index (χ0v) is 17.3. The summed E-state index contributed by atoms with van der Waals surface area (Å²) in [5.41, 5.74) is 1.05. The minimum atomic E-state index is -3.70. The Morgan fingerprint density at radius 1 is 1.29 bits per heavy atom. The monoisotopic (exact) mass is 464 g/mol. The summed E-state index contributed by atoms with van der Waals surface area (Å²) in [5, 5.41) is 9.20. The van der Waals surface area contributed by atoms with Gasteiger partial charge in [0.2, 0.25) is 0 Å². The van der Waals surface area contributed by atoms with E-state index in [1.54, 1.807) is 50.2 Å². The van der Waals surface area contributed by atoms with Gasteiger partial charge in [0.1, 0.15) is 4.60 Å². The fourth-order valence-corrected chi connectivity index (χ4v) is 4.04. The van der Waals surface area contributed by atoms with Gasteiger partial charge in [-0.3, -0.25) is 9.36 Å². The Kier molecular flexibility index (Phi) is 5.72. The van der Waals surface area contributed by atoms with E-state index < -0.39 is 17.2 Å². The van der Waals surface area contributed by atoms with Crippen LogP contribution in [0.5, 0.6) is 0 Å². The van der Waals surface area contributed by atoms with Crippen LogP contribution in [0.25, 0.3) is 16.5 Å². The Bertz CT molecular complexity index is 1090. The lowest BCUT2D eigenvalue weighted by Crippen LogP contribution is -2.41. The minimum absolute atomic E-state index is 0.0503. The van der Waals surface area contributed by atoms with E-state index in [9.17, 15) is 18.8 Å². The van der Waals surface area contributed by atoms with Crippen molar-refractivity contribution in [3.05, 3.63) is 52.8 Å². The summed E-state index contributed by atoms with van der Waals surface area (Å²) in [6, 6.07) is 12.2. The van der Waals surface area contributed by atoms with Gasteiger partial charge in [-0.2, -0.15) is 14.0 Å². The fraction of sp³-hybridized carbons (Fsp3) is 0.211. The number of aromatic nitrogens is 2. The first-order valence-electron chi connectivity index (χ1n) is 8.28. The fourth-order valence-electron chi connectivity index (χ4n) is 2.69. The quantitative estimate of drug-likeness (QED) is 0.546. The summed E-state index contributed by atoms with van der Waals surface area (Å²) in [5.74, 6) is -1.37. The summed E-state index contributed by atoms with van der Waals surface area (Å²) in [6.45, 7) is 3.22. The lowest BCUT2D eigenvalue weighted by molar-refractivity contribution is -0.135. The molecule has 3 aromatic rings. The summed E-state index contributed by atoms with van der Waals surface area (Å²) in [6.07, 6.45) is 1.39. The van der Waals surface area contributed by atoms with Crippen LogP contribution in [0.3, 0.4) is 0 Å². The van der Waals surface area contributed by atoms with Crippen LogP contribution in [-0.2, 0) is 4.79 Å². The number of rotatable bonds is 5. The summed E-state index contributed by atoms with van der Waals surface area (Å²) in [7, 11) is 0. The molecule has 9 heteroatoms. The van der Waals surface area contributed by atoms with E-state index in [2.05, 4.69) is 32.3 Å². The first-order chi connectivity index (χ1) is 13.2. The van der Waals surface area contributed by atoms with Gasteiger partial charge in [-0.05, 0) is 53.7 Å². The maximum Gasteiger partial charge on any atom is 0.377 e. The molecule has 0 bridgehead atoms. The number of nitrogens with one attached hydrogen (secondary N) is 1. The van der Waals surface area contributed by atoms with Gasteiger partial charge in [0.05, 0.1) is 23.5 Å². The maximum absolute atomic E-state index is 14.4. The standard InChI is InChI=1S/C19H15BrF2N4OS/c1-11(2)25-17(27)19(21,22)28-18-24-10-16(20)26(18)15-8-7-12(9-23)13-5-3-4-6-14(13)15/h3-8,10-11H,1-2H3,(H,25,27). The highest BCUT2D eigenvalue weighted by Crippen LogP contribution is 2.39. The molecule has 0 fully saturated rings. The second-order valence-corrected chi connectivity index (χ2v) is 8.13. The maximum atomic E-state index is 14.4. The van der Waals surface area contributed by atoms with Crippen LogP contribution in [0, 0.1) is 11.3 Å². The second kappa shape index (κ2) is 7.89. The Balaban J connectivity index is 2.10. The summed E-state index contributed by atoms with van der Waals surface area (Å²) < 4.78 is 30.8. The molecule has 144 valence electrons. The van der Waals surface area contributed by atoms with Crippen molar-refractivity contribution in [3.63, 3.8) is 0 Å². The average Bonchev–Trinajstić information content (AvgIpc) is 2.99. The number of carbonyl (C=O) groups is 1. The van der Waals surface area contributed by atoms with Crippen molar-refractivity contribution in [3.8, 4) is 11.8 Å². The Morgan fingerprint density at radius 2 is 1.96 bits per heavy atom. The molecule has 1 heterocycles. The number of imidazole rings is 1. The van der Waals surface area contributed by atoms with Crippen LogP contribution in [0.1, 0.15) is 19.4 Å². The molecule has 1 N–H and O–H groups in total. The van der Waals surface area contributed by atoms with Crippen LogP contribution >= 0.6 is 27.7 Å². The number of amides is 1. The number of nitriles is 1. The first-order valence-corrected chi connectivity index (χ1v) is 9.89. The molecular weight excluding hydrogens is 450 g/mol. The molecule has 5 nitrogen and oxygen atoms in total. The number of nitrogens with zero attached hydrogens (tertiary/aromatic N) is 3. The third kappa shape index (κ3) is 3.88. The van der Waals surface area contributed by atoms with Crippen molar-refractivity contribution >= 4 is 44.4 Å². The van der Waals surface area contributed by atoms with E-state index in [1.165, 1.54) is 10.8 Å². The third-order valence-corrected chi connectivity index (χ3v) is 5.32. The smallest absolute Gasteiger partial charge is 0.348 e. The molecule has 28 heavy (non-hydrogen) atoms. The van der Waals surface area contributed by atoms with Gasteiger partial charge in [-0.15, -0.1) is 0 Å². The van der Waals surface area contributed by atoms with E-state index in [0.29, 0.717) is 26.6 Å². The lowest BCUT2D eigenvalue weighted by atomic mass is 10.0. The van der Waals surface area contributed by atoms with Gasteiger partial charge in [0, 0.05) is 16.8 Å². The van der Waals surface area contributed by atoms with Crippen molar-refractivity contribution in [2.45, 2.75) is 30.3 Å². The summed E-state index contributed by atoms with van der Waals surface area (Å²) in [4.78, 5) is 15.9. The Hall–Kier alpha value is -2.44. The van der Waals surface area contributed by atoms with Crippen molar-refractivity contribution in [2.24, 2.45) is 0 Å². The van der Waals surface area contributed by atoms with Gasteiger partial charge >= 0.3 is 11.2 Å². The zero-order valence-electron chi connectivity index (χ0n) is 14.9. The van der Waals surface area contributed by atoms with E-state index in [1.807, 2.05) is 0 Å². The molecule has 2 aromatic carbocycles. The highest BCUT2D eigenvalue weighted by atomic mass is 79.9. The van der Waals surface area contributed by atoms with E-state index >= 15 is 0 Å². The number of hydrogen-bond acceptors (Lipinski definition) is 4. The van der Waals surface area contributed by atoms with Crippen LogP contribution in [0.15, 0.2) is 52.4 Å². The predicted molar refractivity (Wildman–Crippen MR) is 108 cm³/mol. The molecule has 1 aromatic heterocycles. The van der Waals surface area contributed by atoms with Crippen LogP contribution in [0.2, 0.25) is 0 Å². The predicted octanol–water partition coefficient (Wildman–Crippen LogP) is 4.87. The molecule has 0 atom stereocenters. The molecule has 0 radical (unpaired) electrons. The first kappa shape index (κ1) is 20.3. The number of fused-ring (bicyclic) bond motifs is 1. The molecule has 0 aliphatic rings. The van der Waals surface area contributed by atoms with Crippen molar-refractivity contribution in [1.29, 1.82) is 5.26 Å². The number of benzene rings is 2. The highest BCUT2D eigenvalue weighted by molar-refractivity contribution is 9.10. The van der Waals surface area contributed by atoms with Crippen LogP contribution < -0.4 is 5.32 Å². The van der Waals surface area contributed by atoms with Gasteiger partial charge in [0.15, 0.2) is 5.16 Å². The van der Waals surface area contributed by atoms with Gasteiger partial charge in [-0.25, -0.2) is 4.98 Å². The molecule has 0 aliphatic heterocycles. The van der Waals surface area contributed by atoms with Crippen LogP contribution in [-0.4, -0.2) is 26.8 Å². The number of halogens is 3. The Morgan fingerprint density at radius 3 is 2.61 bits per heavy atom. The second-order valence-electron chi connectivity index (χ2n) is 6.24. The SMILES string of the molecule is CC(C)NC(=O)C(F)(F)Sc1ncc(Br)n1-c1ccc(C#N)c2ccccc12. The lowest BCUT2D eigenvalue weighted by Gasteiger charge is -2.18. The van der Waals surface area contributed by atoms with Crippen LogP contribution in [0.4, 0.5) is 8.78 Å². The van der Waals surface area contributed by atoms with Gasteiger partial charge in [-0.1, -0.05) is 24.3 Å². The van der Waals surface area contributed by atoms with Crippen molar-refractivity contribution in [1.82, 2.24) is 14.9 Å². The molecule has 0 saturated heterocycles. The largest absolute Gasteiger partial charge is 0.377 e. The minimum Gasteiger partial charge on any atom is -0.348 e. The molecule has 0 aliphatic carbocycles. The molecule has 3 rings (SSSR count). The molecular formula is C19H15BrF2N4OS. The number of carbonyl (C=O) groups excluding carboxylic acids is 1. The van der Waals surface area contributed by atoms with E-state index in [4.69, 9.17) is 0 Å². The zero-order chi connectivity index (χ0) is 20.5. The van der Waals surface area contributed by atoms with Gasteiger partial charge < -0.3 is 5.32 Å². The van der Waals surface area contributed by atoms with Gasteiger partial charge in [0.25, 0.3) is 0 Å². The molecule has 0 saturated carbocycles. The number of alkyl halides is 2. The van der Waals surface area contributed by atoms with E-state index in [-0.39, 0.29) is 16.9 Å². The highest BCUT2D eigenvalue weighted by Gasteiger charge is 2.42.